The van der Waals surface area contributed by atoms with Crippen LogP contribution in [0.25, 0.3) is 11.6 Å². The molecule has 0 amide bonds. The summed E-state index contributed by atoms with van der Waals surface area (Å²) in [5.41, 5.74) is 2.89. The van der Waals surface area contributed by atoms with Crippen LogP contribution in [0, 0.1) is 0 Å². The summed E-state index contributed by atoms with van der Waals surface area (Å²) in [6.07, 6.45) is 3.80. The number of phenolic OH excluding ortho intramolecular Hbond substituents is 2. The Hall–Kier alpha value is -3.08. The molecular weight excluding hydrogens is 344 g/mol. The first-order valence-electron chi connectivity index (χ1n) is 8.60. The average Bonchev–Trinajstić information content (AvgIpc) is 2.66. The summed E-state index contributed by atoms with van der Waals surface area (Å²) >= 11 is 0. The predicted molar refractivity (Wildman–Crippen MR) is 106 cm³/mol. The van der Waals surface area contributed by atoms with Gasteiger partial charge in [0, 0.05) is 39.8 Å². The lowest BCUT2D eigenvalue weighted by atomic mass is 9.83. The van der Waals surface area contributed by atoms with Crippen molar-refractivity contribution in [2.24, 2.45) is 0 Å². The molecule has 1 aliphatic rings. The van der Waals surface area contributed by atoms with Gasteiger partial charge >= 0.3 is 0 Å². The van der Waals surface area contributed by atoms with Crippen LogP contribution in [0.3, 0.4) is 0 Å². The molecule has 3 rings (SSSR count). The van der Waals surface area contributed by atoms with Crippen LogP contribution < -0.4 is 14.2 Å². The lowest BCUT2D eigenvalue weighted by molar-refractivity contribution is 0.355. The molecule has 1 heterocycles. The number of fused-ring (bicyclic) bond motifs is 1. The quantitative estimate of drug-likeness (QED) is 0.760. The summed E-state index contributed by atoms with van der Waals surface area (Å²) in [4.78, 5) is 0. The van der Waals surface area contributed by atoms with Gasteiger partial charge in [0.1, 0.15) is 23.9 Å². The Morgan fingerprint density at radius 3 is 2.37 bits per heavy atom. The second-order valence-electron chi connectivity index (χ2n) is 7.02. The molecule has 0 radical (unpaired) electrons. The Kier molecular flexibility index (Phi) is 4.79. The smallest absolute Gasteiger partial charge is 0.161 e. The van der Waals surface area contributed by atoms with Gasteiger partial charge in [-0.15, -0.1) is 6.58 Å². The van der Waals surface area contributed by atoms with E-state index in [-0.39, 0.29) is 16.9 Å². The normalized spacial score (nSPS) is 13.3. The molecule has 0 aliphatic carbocycles. The summed E-state index contributed by atoms with van der Waals surface area (Å²) in [5, 5.41) is 20.4. The number of benzene rings is 2. The monoisotopic (exact) mass is 368 g/mol. The number of allylic oxidation sites excluding steroid dienone is 1. The number of hydrogen-bond donors (Lipinski definition) is 2. The SMILES string of the molecule is C=CC(C)(C)c1cc2c(cc1O)OCC(c1cc(OC)c(O)cc1OC)=C2. The second kappa shape index (κ2) is 6.91. The van der Waals surface area contributed by atoms with Crippen molar-refractivity contribution in [1.82, 2.24) is 0 Å². The van der Waals surface area contributed by atoms with E-state index >= 15 is 0 Å². The maximum atomic E-state index is 10.4. The summed E-state index contributed by atoms with van der Waals surface area (Å²) < 4.78 is 16.5. The average molecular weight is 368 g/mol. The van der Waals surface area contributed by atoms with Crippen molar-refractivity contribution in [3.63, 3.8) is 0 Å². The van der Waals surface area contributed by atoms with Crippen molar-refractivity contribution in [2.75, 3.05) is 20.8 Å². The van der Waals surface area contributed by atoms with E-state index in [1.807, 2.05) is 26.0 Å². The Labute approximate surface area is 159 Å². The molecule has 2 N–H and O–H groups in total. The van der Waals surface area contributed by atoms with E-state index in [1.165, 1.54) is 13.2 Å². The van der Waals surface area contributed by atoms with Gasteiger partial charge < -0.3 is 24.4 Å². The van der Waals surface area contributed by atoms with Gasteiger partial charge in [-0.2, -0.15) is 0 Å². The maximum absolute atomic E-state index is 10.4. The van der Waals surface area contributed by atoms with Gasteiger partial charge in [0.05, 0.1) is 14.2 Å². The van der Waals surface area contributed by atoms with Gasteiger partial charge in [0.2, 0.25) is 0 Å². The Morgan fingerprint density at radius 2 is 1.74 bits per heavy atom. The van der Waals surface area contributed by atoms with Crippen LogP contribution in [0.4, 0.5) is 0 Å². The Balaban J connectivity index is 2.14. The largest absolute Gasteiger partial charge is 0.507 e. The molecule has 0 unspecified atom stereocenters. The summed E-state index contributed by atoms with van der Waals surface area (Å²) in [6, 6.07) is 6.80. The van der Waals surface area contributed by atoms with Gasteiger partial charge in [0.25, 0.3) is 0 Å². The van der Waals surface area contributed by atoms with Crippen LogP contribution in [0.5, 0.6) is 28.7 Å². The highest BCUT2D eigenvalue weighted by molar-refractivity contribution is 5.89. The third-order valence-electron chi connectivity index (χ3n) is 4.89. The summed E-state index contributed by atoms with van der Waals surface area (Å²) in [6.45, 7) is 8.15. The van der Waals surface area contributed by atoms with E-state index in [2.05, 4.69) is 6.58 Å². The first kappa shape index (κ1) is 18.7. The molecule has 0 fully saturated rings. The number of aromatic hydroxyl groups is 2. The summed E-state index contributed by atoms with van der Waals surface area (Å²) in [7, 11) is 3.05. The predicted octanol–water partition coefficient (Wildman–Crippen LogP) is 4.51. The molecule has 2 aromatic carbocycles. The molecule has 0 spiro atoms. The van der Waals surface area contributed by atoms with E-state index in [9.17, 15) is 10.2 Å². The van der Waals surface area contributed by atoms with Crippen molar-refractivity contribution in [1.29, 1.82) is 0 Å². The molecule has 142 valence electrons. The number of phenols is 2. The van der Waals surface area contributed by atoms with Gasteiger partial charge in [0.15, 0.2) is 11.5 Å². The van der Waals surface area contributed by atoms with Crippen molar-refractivity contribution in [2.45, 2.75) is 19.3 Å². The molecule has 0 bridgehead atoms. The van der Waals surface area contributed by atoms with Crippen LogP contribution in [0.15, 0.2) is 36.9 Å². The van der Waals surface area contributed by atoms with Crippen molar-refractivity contribution >= 4 is 11.6 Å². The Morgan fingerprint density at radius 1 is 1.04 bits per heavy atom. The van der Waals surface area contributed by atoms with Gasteiger partial charge in [-0.05, 0) is 18.2 Å². The molecular formula is C22H24O5. The Bertz CT molecular complexity index is 925. The number of methoxy groups -OCH3 is 2. The van der Waals surface area contributed by atoms with Gasteiger partial charge in [-0.1, -0.05) is 19.9 Å². The molecule has 1 aliphatic heterocycles. The number of ether oxygens (including phenoxy) is 3. The first-order chi connectivity index (χ1) is 12.8. The van der Waals surface area contributed by atoms with Crippen LogP contribution in [0.2, 0.25) is 0 Å². The van der Waals surface area contributed by atoms with E-state index in [1.54, 1.807) is 25.3 Å². The number of rotatable bonds is 5. The summed E-state index contributed by atoms with van der Waals surface area (Å²) in [5.74, 6) is 1.69. The molecule has 5 heteroatoms. The third-order valence-corrected chi connectivity index (χ3v) is 4.89. The lowest BCUT2D eigenvalue weighted by Crippen LogP contribution is -2.15. The van der Waals surface area contributed by atoms with Gasteiger partial charge in [-0.3, -0.25) is 0 Å². The van der Waals surface area contributed by atoms with E-state index in [0.29, 0.717) is 23.9 Å². The van der Waals surface area contributed by atoms with Crippen LogP contribution in [-0.4, -0.2) is 31.0 Å². The molecule has 27 heavy (non-hydrogen) atoms. The molecule has 0 aromatic heterocycles. The topological polar surface area (TPSA) is 68.2 Å². The molecule has 0 saturated heterocycles. The third kappa shape index (κ3) is 3.33. The zero-order valence-corrected chi connectivity index (χ0v) is 16.0. The second-order valence-corrected chi connectivity index (χ2v) is 7.02. The molecule has 0 saturated carbocycles. The standard InChI is InChI=1S/C22H24O5/c1-6-22(2,3)16-8-13-7-14(12-27-19(13)10-17(16)23)15-9-21(26-5)18(24)11-20(15)25-4/h6-11,23-24H,1,12H2,2-5H3. The van der Waals surface area contributed by atoms with Crippen LogP contribution >= 0.6 is 0 Å². The molecule has 5 nitrogen and oxygen atoms in total. The minimum atomic E-state index is -0.385. The minimum absolute atomic E-state index is 0.00997. The zero-order valence-electron chi connectivity index (χ0n) is 16.0. The van der Waals surface area contributed by atoms with Crippen LogP contribution in [0.1, 0.15) is 30.5 Å². The highest BCUT2D eigenvalue weighted by atomic mass is 16.5. The van der Waals surface area contributed by atoms with E-state index in [0.717, 1.165) is 22.3 Å². The fraction of sp³-hybridized carbons (Fsp3) is 0.273. The maximum Gasteiger partial charge on any atom is 0.161 e. The van der Waals surface area contributed by atoms with Crippen LogP contribution in [-0.2, 0) is 5.41 Å². The highest BCUT2D eigenvalue weighted by Crippen LogP contribution is 2.43. The molecule has 0 atom stereocenters. The first-order valence-corrected chi connectivity index (χ1v) is 8.60. The zero-order chi connectivity index (χ0) is 19.8. The van der Waals surface area contributed by atoms with Crippen molar-refractivity contribution in [3.8, 4) is 28.7 Å². The van der Waals surface area contributed by atoms with E-state index in [4.69, 9.17) is 14.2 Å². The van der Waals surface area contributed by atoms with Crippen molar-refractivity contribution < 1.29 is 24.4 Å². The highest BCUT2D eigenvalue weighted by Gasteiger charge is 2.25. The van der Waals surface area contributed by atoms with Crippen molar-refractivity contribution in [3.05, 3.63) is 53.6 Å². The fourth-order valence-corrected chi connectivity index (χ4v) is 3.12. The number of hydrogen-bond acceptors (Lipinski definition) is 5. The minimum Gasteiger partial charge on any atom is -0.507 e. The van der Waals surface area contributed by atoms with E-state index < -0.39 is 0 Å². The molecule has 2 aromatic rings. The fourth-order valence-electron chi connectivity index (χ4n) is 3.12. The lowest BCUT2D eigenvalue weighted by Gasteiger charge is -2.26. The van der Waals surface area contributed by atoms with Gasteiger partial charge in [-0.25, -0.2) is 0 Å².